The molecule has 0 saturated heterocycles. The molecule has 6 heteroatoms. The number of aliphatic hydroxyl groups excluding tert-OH is 2. The van der Waals surface area contributed by atoms with Gasteiger partial charge in [-0.15, -0.1) is 26.3 Å². The van der Waals surface area contributed by atoms with Gasteiger partial charge in [-0.25, -0.2) is 0 Å². The Morgan fingerprint density at radius 2 is 1.25 bits per heavy atom. The molecule has 138 valence electrons. The molecule has 2 N–H and O–H groups in total. The summed E-state index contributed by atoms with van der Waals surface area (Å²) in [5, 5.41) is 19.4. The molecule has 0 heterocycles. The Morgan fingerprint density at radius 1 is 0.750 bits per heavy atom. The summed E-state index contributed by atoms with van der Waals surface area (Å²) in [5.41, 5.74) is 0. The highest BCUT2D eigenvalue weighted by atomic mass is 16.6. The SMILES string of the molecule is C=CCOC[C@H](OCC=C)[C@@H](OCC=C)[C@H](OCC=C)[C@H](O)CO. The molecular formula is C18H30O6. The Bertz CT molecular complexity index is 357. The van der Waals surface area contributed by atoms with E-state index < -0.39 is 31.0 Å². The molecule has 0 fully saturated rings. The first-order valence-electron chi connectivity index (χ1n) is 7.81. The Morgan fingerprint density at radius 3 is 1.75 bits per heavy atom. The maximum atomic E-state index is 10.1. The van der Waals surface area contributed by atoms with Crippen LogP contribution in [-0.4, -0.2) is 74.3 Å². The van der Waals surface area contributed by atoms with E-state index in [1.165, 1.54) is 0 Å². The average molecular weight is 342 g/mol. The fourth-order valence-corrected chi connectivity index (χ4v) is 2.00. The highest BCUT2D eigenvalue weighted by Crippen LogP contribution is 2.17. The summed E-state index contributed by atoms with van der Waals surface area (Å²) >= 11 is 0. The summed E-state index contributed by atoms with van der Waals surface area (Å²) in [4.78, 5) is 0. The van der Waals surface area contributed by atoms with Crippen molar-refractivity contribution < 1.29 is 29.2 Å². The predicted octanol–water partition coefficient (Wildman–Crippen LogP) is 1.26. The molecule has 0 saturated carbocycles. The van der Waals surface area contributed by atoms with Gasteiger partial charge < -0.3 is 29.2 Å². The lowest BCUT2D eigenvalue weighted by atomic mass is 10.0. The van der Waals surface area contributed by atoms with Crippen molar-refractivity contribution in [1.29, 1.82) is 0 Å². The van der Waals surface area contributed by atoms with Gasteiger partial charge in [0.1, 0.15) is 24.4 Å². The van der Waals surface area contributed by atoms with Crippen LogP contribution in [0.5, 0.6) is 0 Å². The van der Waals surface area contributed by atoms with Crippen LogP contribution in [-0.2, 0) is 18.9 Å². The van der Waals surface area contributed by atoms with E-state index in [9.17, 15) is 10.2 Å². The molecule has 0 aliphatic heterocycles. The van der Waals surface area contributed by atoms with E-state index >= 15 is 0 Å². The van der Waals surface area contributed by atoms with Crippen LogP contribution >= 0.6 is 0 Å². The summed E-state index contributed by atoms with van der Waals surface area (Å²) in [6, 6.07) is 0. The number of hydrogen-bond donors (Lipinski definition) is 2. The first-order chi connectivity index (χ1) is 11.7. The lowest BCUT2D eigenvalue weighted by Gasteiger charge is -2.34. The summed E-state index contributed by atoms with van der Waals surface area (Å²) < 4.78 is 22.5. The lowest BCUT2D eigenvalue weighted by Crippen LogP contribution is -2.51. The minimum Gasteiger partial charge on any atom is -0.394 e. The third-order valence-corrected chi connectivity index (χ3v) is 3.02. The van der Waals surface area contributed by atoms with E-state index in [0.29, 0.717) is 6.61 Å². The lowest BCUT2D eigenvalue weighted by molar-refractivity contribution is -0.174. The zero-order chi connectivity index (χ0) is 18.2. The molecule has 0 aliphatic rings. The van der Waals surface area contributed by atoms with Crippen LogP contribution in [0.4, 0.5) is 0 Å². The van der Waals surface area contributed by atoms with Gasteiger partial charge in [-0.05, 0) is 0 Å². The van der Waals surface area contributed by atoms with Gasteiger partial charge in [-0.3, -0.25) is 0 Å². The second kappa shape index (κ2) is 15.3. The van der Waals surface area contributed by atoms with Gasteiger partial charge >= 0.3 is 0 Å². The molecule has 0 aromatic rings. The van der Waals surface area contributed by atoms with Crippen molar-refractivity contribution in [2.75, 3.05) is 39.6 Å². The number of ether oxygens (including phenoxy) is 4. The van der Waals surface area contributed by atoms with Crippen molar-refractivity contribution in [3.8, 4) is 0 Å². The standard InChI is InChI=1S/C18H30O6/c1-5-9-21-14-16(22-10-6-2)18(24-12-8-4)17(15(20)13-19)23-11-7-3/h5-8,15-20H,1-4,9-14H2/t15-,16+,17-,18-/m1/s1. The van der Waals surface area contributed by atoms with E-state index in [-0.39, 0.29) is 26.4 Å². The third-order valence-electron chi connectivity index (χ3n) is 3.02. The minimum absolute atomic E-state index is 0.192. The second-order valence-corrected chi connectivity index (χ2v) is 4.91. The van der Waals surface area contributed by atoms with Crippen LogP contribution in [0.25, 0.3) is 0 Å². The molecule has 4 atom stereocenters. The van der Waals surface area contributed by atoms with Crippen molar-refractivity contribution in [2.24, 2.45) is 0 Å². The van der Waals surface area contributed by atoms with Crippen LogP contribution in [0.3, 0.4) is 0 Å². The number of rotatable bonds is 17. The van der Waals surface area contributed by atoms with E-state index in [0.717, 1.165) is 0 Å². The fraction of sp³-hybridized carbons (Fsp3) is 0.556. The maximum Gasteiger partial charge on any atom is 0.115 e. The first-order valence-corrected chi connectivity index (χ1v) is 7.81. The van der Waals surface area contributed by atoms with Crippen molar-refractivity contribution >= 4 is 0 Å². The van der Waals surface area contributed by atoms with E-state index in [1.807, 2.05) is 0 Å². The fourth-order valence-electron chi connectivity index (χ4n) is 2.00. The molecule has 0 spiro atoms. The smallest absolute Gasteiger partial charge is 0.115 e. The van der Waals surface area contributed by atoms with Gasteiger partial charge in [0.2, 0.25) is 0 Å². The molecular weight excluding hydrogens is 312 g/mol. The highest BCUT2D eigenvalue weighted by Gasteiger charge is 2.36. The van der Waals surface area contributed by atoms with Gasteiger partial charge in [0.25, 0.3) is 0 Å². The van der Waals surface area contributed by atoms with Crippen molar-refractivity contribution in [3.05, 3.63) is 50.6 Å². The molecule has 0 aromatic heterocycles. The summed E-state index contributed by atoms with van der Waals surface area (Å²) in [6.07, 6.45) is 3.16. The monoisotopic (exact) mass is 342 g/mol. The minimum atomic E-state index is -1.14. The summed E-state index contributed by atoms with van der Waals surface area (Å²) in [5.74, 6) is 0. The Labute approximate surface area is 144 Å². The van der Waals surface area contributed by atoms with Gasteiger partial charge in [0, 0.05) is 0 Å². The number of hydrogen-bond acceptors (Lipinski definition) is 6. The van der Waals surface area contributed by atoms with Crippen molar-refractivity contribution in [3.63, 3.8) is 0 Å². The van der Waals surface area contributed by atoms with Crippen LogP contribution in [0.15, 0.2) is 50.6 Å². The van der Waals surface area contributed by atoms with Crippen molar-refractivity contribution in [2.45, 2.75) is 24.4 Å². The average Bonchev–Trinajstić information content (AvgIpc) is 2.60. The van der Waals surface area contributed by atoms with Gasteiger partial charge in [0.05, 0.1) is 39.6 Å². The number of aliphatic hydroxyl groups is 2. The Hall–Kier alpha value is -1.28. The van der Waals surface area contributed by atoms with E-state index in [4.69, 9.17) is 18.9 Å². The molecule has 0 unspecified atom stereocenters. The second-order valence-electron chi connectivity index (χ2n) is 4.91. The molecule has 0 amide bonds. The normalized spacial score (nSPS) is 15.9. The zero-order valence-electron chi connectivity index (χ0n) is 14.2. The van der Waals surface area contributed by atoms with E-state index in [1.54, 1.807) is 24.3 Å². The molecule has 0 aromatic carbocycles. The third kappa shape index (κ3) is 9.12. The van der Waals surface area contributed by atoms with E-state index in [2.05, 4.69) is 26.3 Å². The quantitative estimate of drug-likeness (QED) is 0.306. The molecule has 0 rings (SSSR count). The summed E-state index contributed by atoms with van der Waals surface area (Å²) in [6.45, 7) is 15.2. The summed E-state index contributed by atoms with van der Waals surface area (Å²) in [7, 11) is 0. The van der Waals surface area contributed by atoms with Crippen LogP contribution in [0.2, 0.25) is 0 Å². The Kier molecular flexibility index (Phi) is 14.4. The molecule has 0 aliphatic carbocycles. The molecule has 24 heavy (non-hydrogen) atoms. The highest BCUT2D eigenvalue weighted by molar-refractivity contribution is 4.88. The van der Waals surface area contributed by atoms with Gasteiger partial charge in [0.15, 0.2) is 0 Å². The van der Waals surface area contributed by atoms with Gasteiger partial charge in [-0.1, -0.05) is 24.3 Å². The molecule has 0 bridgehead atoms. The van der Waals surface area contributed by atoms with Crippen molar-refractivity contribution in [1.82, 2.24) is 0 Å². The molecule has 6 nitrogen and oxygen atoms in total. The predicted molar refractivity (Wildman–Crippen MR) is 93.9 cm³/mol. The largest absolute Gasteiger partial charge is 0.394 e. The van der Waals surface area contributed by atoms with Crippen LogP contribution in [0, 0.1) is 0 Å². The van der Waals surface area contributed by atoms with Crippen LogP contribution in [0.1, 0.15) is 0 Å². The first kappa shape index (κ1) is 22.7. The maximum absolute atomic E-state index is 10.1. The molecule has 0 radical (unpaired) electrons. The topological polar surface area (TPSA) is 77.4 Å². The Balaban J connectivity index is 5.28. The van der Waals surface area contributed by atoms with Crippen LogP contribution < -0.4 is 0 Å². The zero-order valence-corrected chi connectivity index (χ0v) is 14.2. The van der Waals surface area contributed by atoms with Gasteiger partial charge in [-0.2, -0.15) is 0 Å².